The molecule has 4 rings (SSSR count). The van der Waals surface area contributed by atoms with Crippen molar-refractivity contribution in [3.63, 3.8) is 0 Å². The van der Waals surface area contributed by atoms with Gasteiger partial charge in [-0.15, -0.1) is 11.3 Å². The number of benzene rings is 1. The van der Waals surface area contributed by atoms with Crippen LogP contribution in [0.1, 0.15) is 24.8 Å². The van der Waals surface area contributed by atoms with Crippen molar-refractivity contribution in [3.8, 4) is 0 Å². The minimum atomic E-state index is -3.50. The maximum atomic E-state index is 13.2. The number of hydrogen-bond donors (Lipinski definition) is 0. The molecule has 0 bridgehead atoms. The van der Waals surface area contributed by atoms with Gasteiger partial charge in [0, 0.05) is 25.3 Å². The highest BCUT2D eigenvalue weighted by Crippen LogP contribution is 2.31. The van der Waals surface area contributed by atoms with E-state index in [2.05, 4.69) is 6.07 Å². The molecule has 1 aromatic carbocycles. The van der Waals surface area contributed by atoms with Crippen LogP contribution in [0.15, 0.2) is 46.0 Å². The smallest absolute Gasteiger partial charge is 0.252 e. The molecule has 2 aliphatic heterocycles. The standard InChI is InChI=1S/C19H22N2O3S2/c22-19(21-12-4-7-15-6-1-2-9-17(15)21)16-8-3-11-20(14-16)26(23,24)18-10-5-13-25-18/h1-2,5-6,9-10,13,16H,3-4,7-8,11-12,14H2/t16-/m0/s1. The molecule has 1 atom stereocenters. The third-order valence-electron chi connectivity index (χ3n) is 5.20. The number of aryl methyl sites for hydroxylation is 1. The largest absolute Gasteiger partial charge is 0.312 e. The van der Waals surface area contributed by atoms with Crippen LogP contribution in [0.3, 0.4) is 0 Å². The highest BCUT2D eigenvalue weighted by atomic mass is 32.2. The van der Waals surface area contributed by atoms with Crippen molar-refractivity contribution >= 4 is 33.0 Å². The molecule has 7 heteroatoms. The molecular formula is C19H22N2O3S2. The number of thiophene rings is 1. The number of hydrogen-bond acceptors (Lipinski definition) is 4. The predicted octanol–water partition coefficient (Wildman–Crippen LogP) is 3.13. The minimum absolute atomic E-state index is 0.0585. The summed E-state index contributed by atoms with van der Waals surface area (Å²) in [7, 11) is -3.50. The fraction of sp³-hybridized carbons (Fsp3) is 0.421. The van der Waals surface area contributed by atoms with Crippen LogP contribution in [0.2, 0.25) is 0 Å². The summed E-state index contributed by atoms with van der Waals surface area (Å²) in [6, 6.07) is 11.4. The maximum absolute atomic E-state index is 13.2. The zero-order chi connectivity index (χ0) is 18.1. The number of rotatable bonds is 3. The Kier molecular flexibility index (Phi) is 4.86. The second-order valence-corrected chi connectivity index (χ2v) is 9.97. The van der Waals surface area contributed by atoms with E-state index in [1.807, 2.05) is 23.1 Å². The zero-order valence-electron chi connectivity index (χ0n) is 14.5. The number of sulfonamides is 1. The second-order valence-electron chi connectivity index (χ2n) is 6.86. The van der Waals surface area contributed by atoms with Gasteiger partial charge in [0.15, 0.2) is 0 Å². The Balaban J connectivity index is 1.55. The monoisotopic (exact) mass is 390 g/mol. The molecule has 0 radical (unpaired) electrons. The van der Waals surface area contributed by atoms with Crippen molar-refractivity contribution in [2.24, 2.45) is 5.92 Å². The predicted molar refractivity (Wildman–Crippen MR) is 103 cm³/mol. The molecule has 0 saturated carbocycles. The first-order valence-electron chi connectivity index (χ1n) is 9.00. The van der Waals surface area contributed by atoms with Gasteiger partial charge in [-0.25, -0.2) is 8.42 Å². The number of fused-ring (bicyclic) bond motifs is 1. The van der Waals surface area contributed by atoms with Crippen molar-refractivity contribution in [1.29, 1.82) is 0 Å². The molecular weight excluding hydrogens is 368 g/mol. The summed E-state index contributed by atoms with van der Waals surface area (Å²) in [5, 5.41) is 1.77. The molecule has 0 spiro atoms. The quantitative estimate of drug-likeness (QED) is 0.809. The number of carbonyl (C=O) groups excluding carboxylic acids is 1. The molecule has 0 N–H and O–H groups in total. The lowest BCUT2D eigenvalue weighted by atomic mass is 9.95. The molecule has 1 saturated heterocycles. The van der Waals surface area contributed by atoms with Crippen molar-refractivity contribution in [1.82, 2.24) is 4.31 Å². The SMILES string of the molecule is O=C([C@H]1CCCN(S(=O)(=O)c2cccs2)C1)N1CCCc2ccccc21. The summed E-state index contributed by atoms with van der Waals surface area (Å²) < 4.78 is 27.4. The lowest BCUT2D eigenvalue weighted by Gasteiger charge is -2.36. The summed E-state index contributed by atoms with van der Waals surface area (Å²) in [6.07, 6.45) is 3.40. The van der Waals surface area contributed by atoms with Gasteiger partial charge in [0.25, 0.3) is 10.0 Å². The van der Waals surface area contributed by atoms with E-state index >= 15 is 0 Å². The Morgan fingerprint density at radius 1 is 1.08 bits per heavy atom. The van der Waals surface area contributed by atoms with Gasteiger partial charge in [-0.1, -0.05) is 24.3 Å². The molecule has 1 aromatic heterocycles. The number of nitrogens with zero attached hydrogens (tertiary/aromatic N) is 2. The van der Waals surface area contributed by atoms with Crippen molar-refractivity contribution in [3.05, 3.63) is 47.3 Å². The van der Waals surface area contributed by atoms with E-state index in [1.165, 1.54) is 21.2 Å². The summed E-state index contributed by atoms with van der Waals surface area (Å²) in [4.78, 5) is 15.0. The van der Waals surface area contributed by atoms with Gasteiger partial charge in [0.1, 0.15) is 4.21 Å². The van der Waals surface area contributed by atoms with Gasteiger partial charge >= 0.3 is 0 Å². The van der Waals surface area contributed by atoms with Gasteiger partial charge in [-0.05, 0) is 48.8 Å². The van der Waals surface area contributed by atoms with E-state index in [4.69, 9.17) is 0 Å². The number of piperidine rings is 1. The van der Waals surface area contributed by atoms with E-state index in [0.29, 0.717) is 17.3 Å². The molecule has 138 valence electrons. The molecule has 1 amide bonds. The van der Waals surface area contributed by atoms with E-state index < -0.39 is 10.0 Å². The van der Waals surface area contributed by atoms with E-state index in [0.717, 1.165) is 31.4 Å². The summed E-state index contributed by atoms with van der Waals surface area (Å²) in [6.45, 7) is 1.47. The van der Waals surface area contributed by atoms with E-state index in [-0.39, 0.29) is 18.4 Å². The van der Waals surface area contributed by atoms with Crippen molar-refractivity contribution in [2.45, 2.75) is 29.9 Å². The molecule has 5 nitrogen and oxygen atoms in total. The van der Waals surface area contributed by atoms with Gasteiger partial charge < -0.3 is 4.90 Å². The lowest BCUT2D eigenvalue weighted by Crippen LogP contribution is -2.47. The Bertz CT molecular complexity index is 893. The van der Waals surface area contributed by atoms with Crippen LogP contribution in [0.25, 0.3) is 0 Å². The van der Waals surface area contributed by atoms with Crippen LogP contribution in [0.4, 0.5) is 5.69 Å². The summed E-state index contributed by atoms with van der Waals surface area (Å²) in [5.41, 5.74) is 2.19. The van der Waals surface area contributed by atoms with Gasteiger partial charge in [0.05, 0.1) is 5.92 Å². The fourth-order valence-corrected chi connectivity index (χ4v) is 6.55. The van der Waals surface area contributed by atoms with Gasteiger partial charge in [-0.2, -0.15) is 4.31 Å². The summed E-state index contributed by atoms with van der Waals surface area (Å²) in [5.74, 6) is -0.215. The van der Waals surface area contributed by atoms with Gasteiger partial charge in [0.2, 0.25) is 5.91 Å². The molecule has 2 aliphatic rings. The number of para-hydroxylation sites is 1. The Morgan fingerprint density at radius 2 is 1.92 bits per heavy atom. The fourth-order valence-electron chi connectivity index (χ4n) is 3.88. The number of anilines is 1. The number of carbonyl (C=O) groups is 1. The molecule has 0 unspecified atom stereocenters. The highest BCUT2D eigenvalue weighted by molar-refractivity contribution is 7.91. The lowest BCUT2D eigenvalue weighted by molar-refractivity contribution is -0.123. The van der Waals surface area contributed by atoms with Crippen LogP contribution < -0.4 is 4.90 Å². The van der Waals surface area contributed by atoms with Crippen molar-refractivity contribution in [2.75, 3.05) is 24.5 Å². The average Bonchev–Trinajstić information content (AvgIpc) is 3.23. The first-order chi connectivity index (χ1) is 12.6. The Morgan fingerprint density at radius 3 is 2.73 bits per heavy atom. The molecule has 1 fully saturated rings. The third kappa shape index (κ3) is 3.19. The van der Waals surface area contributed by atoms with E-state index in [1.54, 1.807) is 17.5 Å². The van der Waals surface area contributed by atoms with Crippen LogP contribution in [0, 0.1) is 5.92 Å². The van der Waals surface area contributed by atoms with E-state index in [9.17, 15) is 13.2 Å². The van der Waals surface area contributed by atoms with Crippen LogP contribution in [0.5, 0.6) is 0 Å². The van der Waals surface area contributed by atoms with Crippen LogP contribution >= 0.6 is 11.3 Å². The average molecular weight is 391 g/mol. The van der Waals surface area contributed by atoms with Crippen LogP contribution in [-0.2, 0) is 21.2 Å². The maximum Gasteiger partial charge on any atom is 0.252 e. The zero-order valence-corrected chi connectivity index (χ0v) is 16.1. The highest BCUT2D eigenvalue weighted by Gasteiger charge is 2.36. The van der Waals surface area contributed by atoms with Crippen molar-refractivity contribution < 1.29 is 13.2 Å². The molecule has 26 heavy (non-hydrogen) atoms. The summed E-state index contributed by atoms with van der Waals surface area (Å²) >= 11 is 1.23. The Labute approximate surface area is 158 Å². The second kappa shape index (κ2) is 7.13. The van der Waals surface area contributed by atoms with Gasteiger partial charge in [-0.3, -0.25) is 4.79 Å². The first-order valence-corrected chi connectivity index (χ1v) is 11.3. The molecule has 0 aliphatic carbocycles. The Hall–Kier alpha value is -1.70. The topological polar surface area (TPSA) is 57.7 Å². The number of amides is 1. The first kappa shape index (κ1) is 17.7. The normalized spacial score (nSPS) is 21.4. The van der Waals surface area contributed by atoms with Crippen LogP contribution in [-0.4, -0.2) is 38.3 Å². The third-order valence-corrected chi connectivity index (χ3v) is 8.44. The molecule has 3 heterocycles. The minimum Gasteiger partial charge on any atom is -0.312 e. The molecule has 2 aromatic rings.